The molecule has 0 bridgehead atoms. The van der Waals surface area contributed by atoms with Gasteiger partial charge in [-0.05, 0) is 39.2 Å². The predicted molar refractivity (Wildman–Crippen MR) is 74.5 cm³/mol. The zero-order valence-electron chi connectivity index (χ0n) is 11.5. The minimum Gasteiger partial charge on any atom is -0.329 e. The maximum atomic E-state index is 6.02. The summed E-state index contributed by atoms with van der Waals surface area (Å²) in [6.07, 6.45) is 4.01. The molecule has 100 valence electrons. The van der Waals surface area contributed by atoms with Crippen LogP contribution < -0.4 is 5.73 Å². The molecule has 2 rings (SSSR count). The summed E-state index contributed by atoms with van der Waals surface area (Å²) in [5.41, 5.74) is 7.33. The fourth-order valence-electron chi connectivity index (χ4n) is 2.76. The summed E-state index contributed by atoms with van der Waals surface area (Å²) in [6.45, 7) is 3.96. The molecular formula is C14H24N4. The lowest BCUT2D eigenvalue weighted by Gasteiger charge is -2.37. The van der Waals surface area contributed by atoms with Gasteiger partial charge in [0.2, 0.25) is 0 Å². The summed E-state index contributed by atoms with van der Waals surface area (Å²) in [6, 6.07) is 6.09. The molecule has 0 saturated carbocycles. The van der Waals surface area contributed by atoms with Crippen LogP contribution in [0.2, 0.25) is 0 Å². The van der Waals surface area contributed by atoms with Gasteiger partial charge >= 0.3 is 0 Å². The number of nitrogens with zero attached hydrogens (tertiary/aromatic N) is 3. The molecular weight excluding hydrogens is 224 g/mol. The van der Waals surface area contributed by atoms with Crippen LogP contribution >= 0.6 is 0 Å². The Morgan fingerprint density at radius 1 is 1.50 bits per heavy atom. The molecule has 1 aliphatic heterocycles. The van der Waals surface area contributed by atoms with E-state index in [2.05, 4.69) is 34.9 Å². The molecule has 1 saturated heterocycles. The fraction of sp³-hybridized carbons (Fsp3) is 0.643. The molecule has 4 nitrogen and oxygen atoms in total. The van der Waals surface area contributed by atoms with Gasteiger partial charge in [-0.25, -0.2) is 0 Å². The van der Waals surface area contributed by atoms with Crippen molar-refractivity contribution in [3.63, 3.8) is 0 Å². The van der Waals surface area contributed by atoms with Crippen molar-refractivity contribution >= 4 is 0 Å². The Bertz CT molecular complexity index is 367. The molecule has 1 aromatic rings. The van der Waals surface area contributed by atoms with Gasteiger partial charge < -0.3 is 10.6 Å². The van der Waals surface area contributed by atoms with Crippen LogP contribution in [0.3, 0.4) is 0 Å². The summed E-state index contributed by atoms with van der Waals surface area (Å²) in [4.78, 5) is 9.16. The minimum absolute atomic E-state index is 0.156. The van der Waals surface area contributed by atoms with E-state index in [1.165, 1.54) is 6.42 Å². The zero-order chi connectivity index (χ0) is 13.0. The van der Waals surface area contributed by atoms with Gasteiger partial charge in [0.1, 0.15) is 0 Å². The molecule has 0 spiro atoms. The maximum Gasteiger partial charge on any atom is 0.0467 e. The number of pyridine rings is 1. The van der Waals surface area contributed by atoms with Crippen LogP contribution in [0.25, 0.3) is 0 Å². The maximum absolute atomic E-state index is 6.02. The van der Waals surface area contributed by atoms with Crippen molar-refractivity contribution in [2.75, 3.05) is 40.3 Å². The summed E-state index contributed by atoms with van der Waals surface area (Å²) in [7, 11) is 4.36. The third-order valence-electron chi connectivity index (χ3n) is 4.14. The average molecular weight is 248 g/mol. The van der Waals surface area contributed by atoms with Crippen LogP contribution in [0.1, 0.15) is 12.1 Å². The van der Waals surface area contributed by atoms with Crippen molar-refractivity contribution in [1.82, 2.24) is 14.8 Å². The molecule has 0 amide bonds. The third kappa shape index (κ3) is 2.88. The molecule has 2 N–H and O–H groups in total. The van der Waals surface area contributed by atoms with E-state index in [1.54, 1.807) is 0 Å². The van der Waals surface area contributed by atoms with Gasteiger partial charge in [0, 0.05) is 43.5 Å². The average Bonchev–Trinajstić information content (AvgIpc) is 2.80. The number of nitrogens with two attached hydrogens (primary N) is 1. The predicted octanol–water partition coefficient (Wildman–Crippen LogP) is 0.589. The zero-order valence-corrected chi connectivity index (χ0v) is 11.5. The number of aromatic nitrogens is 1. The van der Waals surface area contributed by atoms with Crippen molar-refractivity contribution in [3.05, 3.63) is 30.1 Å². The van der Waals surface area contributed by atoms with E-state index in [-0.39, 0.29) is 5.54 Å². The molecule has 4 heteroatoms. The number of likely N-dealkylation sites (N-methyl/N-ethyl adjacent to an activating group) is 2. The second-order valence-electron chi connectivity index (χ2n) is 5.41. The van der Waals surface area contributed by atoms with Crippen molar-refractivity contribution in [2.24, 2.45) is 5.73 Å². The normalized spacial score (nSPS) is 24.9. The van der Waals surface area contributed by atoms with Crippen LogP contribution in [0.4, 0.5) is 0 Å². The second kappa shape index (κ2) is 5.78. The molecule has 0 aromatic carbocycles. The van der Waals surface area contributed by atoms with Crippen molar-refractivity contribution < 1.29 is 0 Å². The number of rotatable bonds is 5. The molecule has 1 atom stereocenters. The minimum atomic E-state index is 0.156. The lowest BCUT2D eigenvalue weighted by atomic mass is 9.96. The Labute approximate surface area is 110 Å². The van der Waals surface area contributed by atoms with Crippen LogP contribution in [0.5, 0.6) is 0 Å². The van der Waals surface area contributed by atoms with E-state index >= 15 is 0 Å². The van der Waals surface area contributed by atoms with E-state index in [4.69, 9.17) is 5.73 Å². The van der Waals surface area contributed by atoms with Crippen LogP contribution in [0.15, 0.2) is 24.4 Å². The van der Waals surface area contributed by atoms with Gasteiger partial charge in [-0.2, -0.15) is 0 Å². The number of hydrogen-bond donors (Lipinski definition) is 1. The largest absolute Gasteiger partial charge is 0.329 e. The van der Waals surface area contributed by atoms with E-state index in [9.17, 15) is 0 Å². The summed E-state index contributed by atoms with van der Waals surface area (Å²) >= 11 is 0. The molecule has 1 unspecified atom stereocenters. The molecule has 18 heavy (non-hydrogen) atoms. The van der Waals surface area contributed by atoms with Gasteiger partial charge in [0.25, 0.3) is 0 Å². The van der Waals surface area contributed by atoms with Crippen LogP contribution in [0, 0.1) is 0 Å². The number of hydrogen-bond acceptors (Lipinski definition) is 4. The molecule has 0 aliphatic carbocycles. The highest BCUT2D eigenvalue weighted by Gasteiger charge is 2.38. The van der Waals surface area contributed by atoms with Gasteiger partial charge in [0.05, 0.1) is 0 Å². The van der Waals surface area contributed by atoms with E-state index < -0.39 is 0 Å². The topological polar surface area (TPSA) is 45.4 Å². The molecule has 1 aliphatic rings. The molecule has 2 heterocycles. The first kappa shape index (κ1) is 13.5. The monoisotopic (exact) mass is 248 g/mol. The lowest BCUT2D eigenvalue weighted by Crippen LogP contribution is -2.54. The Hall–Kier alpha value is -0.970. The highest BCUT2D eigenvalue weighted by molar-refractivity contribution is 5.05. The smallest absolute Gasteiger partial charge is 0.0467 e. The lowest BCUT2D eigenvalue weighted by molar-refractivity contribution is 0.135. The van der Waals surface area contributed by atoms with Crippen LogP contribution in [-0.2, 0) is 6.42 Å². The van der Waals surface area contributed by atoms with Gasteiger partial charge in [0.15, 0.2) is 0 Å². The Morgan fingerprint density at radius 3 is 2.89 bits per heavy atom. The first-order valence-electron chi connectivity index (χ1n) is 6.66. The van der Waals surface area contributed by atoms with Gasteiger partial charge in [-0.1, -0.05) is 6.07 Å². The third-order valence-corrected chi connectivity index (χ3v) is 4.14. The van der Waals surface area contributed by atoms with E-state index in [1.807, 2.05) is 18.3 Å². The van der Waals surface area contributed by atoms with E-state index in [0.29, 0.717) is 0 Å². The quantitative estimate of drug-likeness (QED) is 0.828. The van der Waals surface area contributed by atoms with Crippen molar-refractivity contribution in [3.8, 4) is 0 Å². The summed E-state index contributed by atoms with van der Waals surface area (Å²) < 4.78 is 0. The number of likely N-dealkylation sites (tertiary alicyclic amines) is 1. The summed E-state index contributed by atoms with van der Waals surface area (Å²) in [5.74, 6) is 0. The van der Waals surface area contributed by atoms with E-state index in [0.717, 1.165) is 38.3 Å². The Balaban J connectivity index is 1.92. The van der Waals surface area contributed by atoms with Crippen molar-refractivity contribution in [2.45, 2.75) is 18.4 Å². The highest BCUT2D eigenvalue weighted by atomic mass is 15.3. The first-order valence-corrected chi connectivity index (χ1v) is 6.66. The Morgan fingerprint density at radius 2 is 2.33 bits per heavy atom. The SMILES string of the molecule is CN1CCC(CN)(N(C)CCc2ccccn2)C1. The fourth-order valence-corrected chi connectivity index (χ4v) is 2.76. The highest BCUT2D eigenvalue weighted by Crippen LogP contribution is 2.25. The van der Waals surface area contributed by atoms with Gasteiger partial charge in [-0.15, -0.1) is 0 Å². The molecule has 1 aromatic heterocycles. The van der Waals surface area contributed by atoms with Crippen LogP contribution in [-0.4, -0.2) is 60.6 Å². The molecule has 0 radical (unpaired) electrons. The van der Waals surface area contributed by atoms with Gasteiger partial charge in [-0.3, -0.25) is 9.88 Å². The second-order valence-corrected chi connectivity index (χ2v) is 5.41. The van der Waals surface area contributed by atoms with Crippen molar-refractivity contribution in [1.29, 1.82) is 0 Å². The summed E-state index contributed by atoms with van der Waals surface area (Å²) in [5, 5.41) is 0. The Kier molecular flexibility index (Phi) is 4.32. The standard InChI is InChI=1S/C14H24N4/c1-17-10-7-14(11-15,12-17)18(2)9-6-13-5-3-4-8-16-13/h3-5,8H,6-7,9-12,15H2,1-2H3. The first-order chi connectivity index (χ1) is 8.66. The molecule has 1 fully saturated rings.